The van der Waals surface area contributed by atoms with Gasteiger partial charge in [-0.05, 0) is 30.9 Å². The van der Waals surface area contributed by atoms with E-state index in [1.807, 2.05) is 18.3 Å². The fourth-order valence-electron chi connectivity index (χ4n) is 2.17. The first-order valence-corrected chi connectivity index (χ1v) is 6.47. The van der Waals surface area contributed by atoms with E-state index in [0.717, 1.165) is 18.4 Å². The number of aromatic nitrogens is 1. The summed E-state index contributed by atoms with van der Waals surface area (Å²) in [6.07, 6.45) is 3.54. The molecule has 0 aliphatic heterocycles. The second-order valence-corrected chi connectivity index (χ2v) is 4.87. The van der Waals surface area contributed by atoms with Crippen LogP contribution in [0.3, 0.4) is 0 Å². The molecule has 2 rings (SSSR count). The van der Waals surface area contributed by atoms with Gasteiger partial charge in [-0.25, -0.2) is 4.98 Å². The molecule has 0 amide bonds. The minimum Gasteiger partial charge on any atom is -0.481 e. The summed E-state index contributed by atoms with van der Waals surface area (Å²) >= 11 is 0. The van der Waals surface area contributed by atoms with E-state index in [0.29, 0.717) is 5.88 Å². The maximum Gasteiger partial charge on any atom is 0.212 e. The third kappa shape index (κ3) is 4.07. The molecule has 0 saturated heterocycles. The van der Waals surface area contributed by atoms with E-state index in [1.165, 1.54) is 11.1 Å². The Balaban J connectivity index is 1.95. The van der Waals surface area contributed by atoms with Crippen molar-refractivity contribution in [1.29, 1.82) is 0 Å². The molecule has 3 heteroatoms. The van der Waals surface area contributed by atoms with Crippen molar-refractivity contribution in [1.82, 2.24) is 4.98 Å². The molecule has 0 radical (unpaired) electrons. The van der Waals surface area contributed by atoms with Gasteiger partial charge in [-0.1, -0.05) is 35.9 Å². The van der Waals surface area contributed by atoms with Crippen LogP contribution in [0.5, 0.6) is 5.88 Å². The Kier molecular flexibility index (Phi) is 4.53. The van der Waals surface area contributed by atoms with E-state index in [1.54, 1.807) is 7.11 Å². The molecule has 1 aromatic carbocycles. The zero-order chi connectivity index (χ0) is 13.7. The highest BCUT2D eigenvalue weighted by Crippen LogP contribution is 2.11. The summed E-state index contributed by atoms with van der Waals surface area (Å²) in [4.78, 5) is 4.19. The molecular weight excluding hydrogens is 236 g/mol. The first-order chi connectivity index (χ1) is 9.17. The fraction of sp³-hybridized carbons (Fsp3) is 0.312. The van der Waals surface area contributed by atoms with Crippen LogP contribution in [0.4, 0.5) is 0 Å². The quantitative estimate of drug-likeness (QED) is 0.894. The van der Waals surface area contributed by atoms with Crippen molar-refractivity contribution in [3.63, 3.8) is 0 Å². The Morgan fingerprint density at radius 2 is 1.95 bits per heavy atom. The van der Waals surface area contributed by atoms with Gasteiger partial charge in [0.05, 0.1) is 7.11 Å². The molecule has 2 N–H and O–H groups in total. The Hall–Kier alpha value is -1.87. The molecule has 1 heterocycles. The lowest BCUT2D eigenvalue weighted by Gasteiger charge is -2.12. The molecule has 3 nitrogen and oxygen atoms in total. The number of nitrogens with two attached hydrogens (primary N) is 1. The van der Waals surface area contributed by atoms with Gasteiger partial charge in [-0.3, -0.25) is 0 Å². The Morgan fingerprint density at radius 1 is 1.16 bits per heavy atom. The number of hydrogen-bond donors (Lipinski definition) is 1. The Morgan fingerprint density at radius 3 is 2.58 bits per heavy atom. The lowest BCUT2D eigenvalue weighted by atomic mass is 10.00. The van der Waals surface area contributed by atoms with E-state index in [2.05, 4.69) is 36.2 Å². The van der Waals surface area contributed by atoms with Gasteiger partial charge < -0.3 is 10.5 Å². The van der Waals surface area contributed by atoms with Crippen molar-refractivity contribution in [3.8, 4) is 5.88 Å². The predicted octanol–water partition coefficient (Wildman–Crippen LogP) is 2.51. The standard InChI is InChI=1S/C16H20N2O/c1-12-4-3-5-13(8-12)9-15(17)10-14-6-7-16(19-2)18-11-14/h3-8,11,15H,9-10,17H2,1-2H3. The van der Waals surface area contributed by atoms with Gasteiger partial charge in [-0.2, -0.15) is 0 Å². The van der Waals surface area contributed by atoms with Crippen molar-refractivity contribution in [2.24, 2.45) is 5.73 Å². The monoisotopic (exact) mass is 256 g/mol. The number of ether oxygens (including phenoxy) is 1. The predicted molar refractivity (Wildman–Crippen MR) is 77.4 cm³/mol. The number of pyridine rings is 1. The van der Waals surface area contributed by atoms with Gasteiger partial charge >= 0.3 is 0 Å². The minimum absolute atomic E-state index is 0.108. The van der Waals surface area contributed by atoms with Gasteiger partial charge in [-0.15, -0.1) is 0 Å². The molecule has 0 aliphatic rings. The summed E-state index contributed by atoms with van der Waals surface area (Å²) in [5.74, 6) is 0.635. The lowest BCUT2D eigenvalue weighted by Crippen LogP contribution is -2.25. The molecule has 0 aliphatic carbocycles. The zero-order valence-electron chi connectivity index (χ0n) is 11.5. The van der Waals surface area contributed by atoms with E-state index < -0.39 is 0 Å². The molecule has 2 aromatic rings. The Bertz CT molecular complexity index is 523. The van der Waals surface area contributed by atoms with Gasteiger partial charge in [0.1, 0.15) is 0 Å². The molecule has 0 fully saturated rings. The van der Waals surface area contributed by atoms with Crippen LogP contribution >= 0.6 is 0 Å². The molecule has 1 unspecified atom stereocenters. The number of hydrogen-bond acceptors (Lipinski definition) is 3. The van der Waals surface area contributed by atoms with Gasteiger partial charge in [0, 0.05) is 18.3 Å². The van der Waals surface area contributed by atoms with Crippen molar-refractivity contribution in [2.45, 2.75) is 25.8 Å². The van der Waals surface area contributed by atoms with Crippen LogP contribution in [0.25, 0.3) is 0 Å². The van der Waals surface area contributed by atoms with E-state index in [9.17, 15) is 0 Å². The van der Waals surface area contributed by atoms with Crippen LogP contribution in [0.2, 0.25) is 0 Å². The second-order valence-electron chi connectivity index (χ2n) is 4.87. The van der Waals surface area contributed by atoms with Crippen LogP contribution in [-0.4, -0.2) is 18.1 Å². The highest BCUT2D eigenvalue weighted by atomic mass is 16.5. The summed E-state index contributed by atoms with van der Waals surface area (Å²) in [6, 6.07) is 12.5. The SMILES string of the molecule is COc1ccc(CC(N)Cc2cccc(C)c2)cn1. The molecule has 19 heavy (non-hydrogen) atoms. The molecule has 1 aromatic heterocycles. The smallest absolute Gasteiger partial charge is 0.212 e. The van der Waals surface area contributed by atoms with Crippen LogP contribution in [0.1, 0.15) is 16.7 Å². The topological polar surface area (TPSA) is 48.1 Å². The molecule has 0 saturated carbocycles. The second kappa shape index (κ2) is 6.34. The number of nitrogens with zero attached hydrogens (tertiary/aromatic N) is 1. The minimum atomic E-state index is 0.108. The van der Waals surface area contributed by atoms with Crippen molar-refractivity contribution in [2.75, 3.05) is 7.11 Å². The highest BCUT2D eigenvalue weighted by molar-refractivity contribution is 5.24. The summed E-state index contributed by atoms with van der Waals surface area (Å²) < 4.78 is 5.04. The maximum atomic E-state index is 6.20. The summed E-state index contributed by atoms with van der Waals surface area (Å²) in [5.41, 5.74) is 9.90. The average molecular weight is 256 g/mol. The molecular formula is C16H20N2O. The molecule has 0 bridgehead atoms. The third-order valence-corrected chi connectivity index (χ3v) is 3.09. The zero-order valence-corrected chi connectivity index (χ0v) is 11.5. The number of methoxy groups -OCH3 is 1. The number of aryl methyl sites for hydroxylation is 1. The normalized spacial score (nSPS) is 12.2. The van der Waals surface area contributed by atoms with Gasteiger partial charge in [0.15, 0.2) is 0 Å². The van der Waals surface area contributed by atoms with Crippen LogP contribution < -0.4 is 10.5 Å². The maximum absolute atomic E-state index is 6.20. The summed E-state index contributed by atoms with van der Waals surface area (Å²) in [7, 11) is 1.62. The Labute approximate surface area is 114 Å². The fourth-order valence-corrected chi connectivity index (χ4v) is 2.17. The lowest BCUT2D eigenvalue weighted by molar-refractivity contribution is 0.397. The number of rotatable bonds is 5. The van der Waals surface area contributed by atoms with Crippen LogP contribution in [0.15, 0.2) is 42.6 Å². The van der Waals surface area contributed by atoms with Crippen LogP contribution in [-0.2, 0) is 12.8 Å². The average Bonchev–Trinajstić information content (AvgIpc) is 2.39. The van der Waals surface area contributed by atoms with Gasteiger partial charge in [0.25, 0.3) is 0 Å². The summed E-state index contributed by atoms with van der Waals surface area (Å²) in [5, 5.41) is 0. The molecule has 100 valence electrons. The first kappa shape index (κ1) is 13.6. The number of benzene rings is 1. The van der Waals surface area contributed by atoms with E-state index in [4.69, 9.17) is 10.5 Å². The van der Waals surface area contributed by atoms with Crippen molar-refractivity contribution >= 4 is 0 Å². The highest BCUT2D eigenvalue weighted by Gasteiger charge is 2.06. The van der Waals surface area contributed by atoms with Gasteiger partial charge in [0.2, 0.25) is 5.88 Å². The largest absolute Gasteiger partial charge is 0.481 e. The van der Waals surface area contributed by atoms with Crippen molar-refractivity contribution in [3.05, 3.63) is 59.3 Å². The van der Waals surface area contributed by atoms with Crippen LogP contribution in [0, 0.1) is 6.92 Å². The summed E-state index contributed by atoms with van der Waals surface area (Å²) in [6.45, 7) is 2.10. The van der Waals surface area contributed by atoms with E-state index in [-0.39, 0.29) is 6.04 Å². The molecule has 1 atom stereocenters. The first-order valence-electron chi connectivity index (χ1n) is 6.47. The van der Waals surface area contributed by atoms with Crippen molar-refractivity contribution < 1.29 is 4.74 Å². The van der Waals surface area contributed by atoms with E-state index >= 15 is 0 Å². The molecule has 0 spiro atoms. The third-order valence-electron chi connectivity index (χ3n) is 3.09.